The predicted molar refractivity (Wildman–Crippen MR) is 226 cm³/mol. The van der Waals surface area contributed by atoms with Gasteiger partial charge in [-0.3, -0.25) is 9.59 Å². The minimum atomic E-state index is -0.752. The first-order valence-electron chi connectivity index (χ1n) is 19.0. The number of carbonyl (C=O) groups is 4. The van der Waals surface area contributed by atoms with Crippen molar-refractivity contribution in [2.45, 2.75) is 133 Å². The largest absolute Gasteiger partial charge is 0.461 e. The highest BCUT2D eigenvalue weighted by molar-refractivity contribution is 14.1. The van der Waals surface area contributed by atoms with Crippen molar-refractivity contribution >= 4 is 46.9 Å². The van der Waals surface area contributed by atoms with Crippen molar-refractivity contribution in [3.8, 4) is 0 Å². The molecule has 53 heavy (non-hydrogen) atoms. The second-order valence-electron chi connectivity index (χ2n) is 15.0. The highest BCUT2D eigenvalue weighted by atomic mass is 127. The van der Waals surface area contributed by atoms with E-state index in [2.05, 4.69) is 81.5 Å². The molecule has 1 aliphatic rings. The molecule has 1 heterocycles. The number of hydrogen-bond acceptors (Lipinski definition) is 7. The van der Waals surface area contributed by atoms with Gasteiger partial charge in [0.2, 0.25) is 0 Å². The lowest BCUT2D eigenvalue weighted by Crippen LogP contribution is -2.31. The van der Waals surface area contributed by atoms with Gasteiger partial charge in [-0.05, 0) is 74.4 Å². The molecule has 298 valence electrons. The second kappa shape index (κ2) is 28.3. The van der Waals surface area contributed by atoms with Gasteiger partial charge < -0.3 is 19.9 Å². The lowest BCUT2D eigenvalue weighted by Gasteiger charge is -2.26. The second-order valence-corrected chi connectivity index (χ2v) is 15.7. The van der Waals surface area contributed by atoms with Gasteiger partial charge in [0.25, 0.3) is 0 Å². The molecule has 8 nitrogen and oxygen atoms in total. The van der Waals surface area contributed by atoms with Gasteiger partial charge in [-0.25, -0.2) is 9.59 Å². The number of aldehydes is 1. The van der Waals surface area contributed by atoms with Crippen molar-refractivity contribution in [1.29, 1.82) is 0 Å². The lowest BCUT2D eigenvalue weighted by atomic mass is 9.92. The van der Waals surface area contributed by atoms with Crippen LogP contribution in [0.1, 0.15) is 115 Å². The zero-order valence-corrected chi connectivity index (χ0v) is 36.3. The van der Waals surface area contributed by atoms with Crippen molar-refractivity contribution in [1.82, 2.24) is 0 Å². The average Bonchev–Trinajstić information content (AvgIpc) is 3.07. The molecule has 2 N–H and O–H groups in total. The highest BCUT2D eigenvalue weighted by Gasteiger charge is 2.25. The summed E-state index contributed by atoms with van der Waals surface area (Å²) >= 11 is 2.20. The Hall–Kier alpha value is -3.21. The number of allylic oxidation sites excluding steroid dienone is 8. The third-order valence-corrected chi connectivity index (χ3v) is 9.22. The first kappa shape index (κ1) is 49.8. The third-order valence-electron chi connectivity index (χ3n) is 8.86. The Morgan fingerprint density at radius 3 is 2.25 bits per heavy atom. The Balaban J connectivity index is 0.00000126. The molecule has 1 aliphatic heterocycles. The number of carbonyl (C=O) groups excluding carboxylic acids is 4. The van der Waals surface area contributed by atoms with Gasteiger partial charge in [0, 0.05) is 30.3 Å². The number of cyclic esters (lactones) is 1. The summed E-state index contributed by atoms with van der Waals surface area (Å²) in [5.41, 5.74) is 8.16. The van der Waals surface area contributed by atoms with Gasteiger partial charge in [0.1, 0.15) is 24.6 Å². The van der Waals surface area contributed by atoms with Crippen molar-refractivity contribution in [2.24, 2.45) is 41.2 Å². The monoisotopic (exact) mass is 849 g/mol. The summed E-state index contributed by atoms with van der Waals surface area (Å²) in [5.74, 6) is 0.303. The van der Waals surface area contributed by atoms with E-state index >= 15 is 0 Å². The SMILES string of the molecule is C/C(C=O)=C\C(C)C1C/C(C)=C/C=C/CCC(OC(N)=O)C(C)/C=C/C(C)CCC/C=C/C(=O)O1.CC(/C=C/I)=C\C(C)C(OC(=O)C(C)C)C(C)C. The van der Waals surface area contributed by atoms with Crippen LogP contribution in [0, 0.1) is 35.5 Å². The molecule has 0 radical (unpaired) electrons. The molecule has 0 saturated heterocycles. The molecular formula is C44H68INO7. The van der Waals surface area contributed by atoms with Crippen LogP contribution in [0.5, 0.6) is 0 Å². The van der Waals surface area contributed by atoms with Gasteiger partial charge in [-0.2, -0.15) is 0 Å². The molecule has 7 unspecified atom stereocenters. The van der Waals surface area contributed by atoms with Crippen LogP contribution in [0.15, 0.2) is 81.6 Å². The minimum Gasteiger partial charge on any atom is -0.461 e. The van der Waals surface area contributed by atoms with E-state index in [9.17, 15) is 19.2 Å². The number of rotatable bonds is 10. The molecular weight excluding hydrogens is 781 g/mol. The van der Waals surface area contributed by atoms with Crippen LogP contribution in [0.3, 0.4) is 0 Å². The summed E-state index contributed by atoms with van der Waals surface area (Å²) < 4.78 is 18.7. The maximum absolute atomic E-state index is 12.5. The van der Waals surface area contributed by atoms with Crippen LogP contribution < -0.4 is 5.73 Å². The molecule has 0 bridgehead atoms. The maximum Gasteiger partial charge on any atom is 0.404 e. The number of primary amides is 1. The topological polar surface area (TPSA) is 122 Å². The Morgan fingerprint density at radius 2 is 1.66 bits per heavy atom. The normalized spacial score (nSPS) is 26.1. The standard InChI is InChI=1S/C29H43NO5.C15H25IO2/c1-21-12-8-7-11-15-28(32)34-27(25(5)18-23(3)20-31)19-22(2)13-9-6-10-14-26(35-29(30)33)24(4)17-16-21;1-10(2)14(18-15(17)11(3)4)13(6)9-12(5)7-8-16/h6,9,11,13,15-18,20-21,24-27H,7-8,10,12,14,19H2,1-5H3,(H2,30,33);7-11,13-14H,1-6H3/b9-6+,15-11+,17-16+,22-13+,23-18+;8-7+,12-9+. The van der Waals surface area contributed by atoms with Crippen LogP contribution in [-0.2, 0) is 28.6 Å². The Morgan fingerprint density at radius 1 is 0.981 bits per heavy atom. The van der Waals surface area contributed by atoms with Gasteiger partial charge >= 0.3 is 18.0 Å². The van der Waals surface area contributed by atoms with E-state index in [0.29, 0.717) is 30.3 Å². The molecule has 0 saturated carbocycles. The van der Waals surface area contributed by atoms with E-state index in [0.717, 1.165) is 37.5 Å². The zero-order valence-electron chi connectivity index (χ0n) is 34.2. The fourth-order valence-electron chi connectivity index (χ4n) is 5.74. The van der Waals surface area contributed by atoms with E-state index in [1.807, 2.05) is 69.1 Å². The van der Waals surface area contributed by atoms with Crippen molar-refractivity contribution < 1.29 is 33.4 Å². The molecule has 0 aromatic carbocycles. The molecule has 1 amide bonds. The minimum absolute atomic E-state index is 0.0565. The molecule has 0 aliphatic carbocycles. The molecule has 7 atom stereocenters. The van der Waals surface area contributed by atoms with Gasteiger partial charge in [0.15, 0.2) is 0 Å². The Labute approximate surface area is 334 Å². The Kier molecular flexibility index (Phi) is 26.6. The molecule has 0 fully saturated rings. The van der Waals surface area contributed by atoms with E-state index in [1.54, 1.807) is 6.92 Å². The molecule has 0 spiro atoms. The molecule has 0 aromatic heterocycles. The van der Waals surface area contributed by atoms with Crippen molar-refractivity contribution in [3.63, 3.8) is 0 Å². The molecule has 1 rings (SSSR count). The van der Waals surface area contributed by atoms with Gasteiger partial charge in [0.05, 0.1) is 5.92 Å². The van der Waals surface area contributed by atoms with Crippen LogP contribution >= 0.6 is 22.6 Å². The van der Waals surface area contributed by atoms with Gasteiger partial charge in [-0.15, -0.1) is 0 Å². The summed E-state index contributed by atoms with van der Waals surface area (Å²) in [7, 11) is 0. The smallest absolute Gasteiger partial charge is 0.404 e. The fourth-order valence-corrected chi connectivity index (χ4v) is 6.31. The number of halogens is 1. The van der Waals surface area contributed by atoms with Crippen molar-refractivity contribution in [2.75, 3.05) is 0 Å². The first-order chi connectivity index (χ1) is 24.9. The summed E-state index contributed by atoms with van der Waals surface area (Å²) in [6.07, 6.45) is 23.7. The maximum atomic E-state index is 12.5. The van der Waals surface area contributed by atoms with Crippen LogP contribution in [0.2, 0.25) is 0 Å². The molecule has 0 aromatic rings. The van der Waals surface area contributed by atoms with Crippen LogP contribution in [0.4, 0.5) is 4.79 Å². The predicted octanol–water partition coefficient (Wildman–Crippen LogP) is 11.1. The van der Waals surface area contributed by atoms with E-state index in [-0.39, 0.29) is 53.9 Å². The lowest BCUT2D eigenvalue weighted by molar-refractivity contribution is -0.157. The van der Waals surface area contributed by atoms with E-state index in [4.69, 9.17) is 19.9 Å². The van der Waals surface area contributed by atoms with Crippen LogP contribution in [0.25, 0.3) is 0 Å². The number of amides is 1. The average molecular weight is 850 g/mol. The first-order valence-corrected chi connectivity index (χ1v) is 20.3. The molecule has 9 heteroatoms. The van der Waals surface area contributed by atoms with Gasteiger partial charge in [-0.1, -0.05) is 144 Å². The quantitative estimate of drug-likeness (QED) is 0.0442. The summed E-state index contributed by atoms with van der Waals surface area (Å²) in [4.78, 5) is 46.6. The van der Waals surface area contributed by atoms with E-state index in [1.165, 1.54) is 11.6 Å². The zero-order chi connectivity index (χ0) is 40.5. The van der Waals surface area contributed by atoms with Crippen LogP contribution in [-0.4, -0.2) is 42.6 Å². The summed E-state index contributed by atoms with van der Waals surface area (Å²) in [5, 5.41) is 0. The summed E-state index contributed by atoms with van der Waals surface area (Å²) in [6.45, 7) is 21.9. The Bertz CT molecular complexity index is 1340. The fraction of sp³-hybridized carbons (Fsp3) is 0.591. The number of esters is 2. The number of hydrogen-bond donors (Lipinski definition) is 1. The summed E-state index contributed by atoms with van der Waals surface area (Å²) in [6, 6.07) is 0. The highest BCUT2D eigenvalue weighted by Crippen LogP contribution is 2.23. The number of ether oxygens (including phenoxy) is 3. The number of nitrogens with two attached hydrogens (primary N) is 1. The van der Waals surface area contributed by atoms with Crippen molar-refractivity contribution in [3.05, 3.63) is 81.6 Å². The third kappa shape index (κ3) is 23.9. The van der Waals surface area contributed by atoms with E-state index < -0.39 is 6.09 Å².